The van der Waals surface area contributed by atoms with E-state index in [-0.39, 0.29) is 11.7 Å². The molecule has 92 valence electrons. The highest BCUT2D eigenvalue weighted by molar-refractivity contribution is 5.70. The van der Waals surface area contributed by atoms with Crippen LogP contribution < -0.4 is 0 Å². The molecule has 0 aliphatic carbocycles. The van der Waals surface area contributed by atoms with E-state index in [9.17, 15) is 4.39 Å². The zero-order chi connectivity index (χ0) is 12.7. The van der Waals surface area contributed by atoms with Crippen molar-refractivity contribution in [2.75, 3.05) is 0 Å². The maximum absolute atomic E-state index is 14.4. The Morgan fingerprint density at radius 1 is 1.24 bits per heavy atom. The van der Waals surface area contributed by atoms with Crippen LogP contribution in [0.1, 0.15) is 50.3 Å². The Bertz CT molecular complexity index is 460. The van der Waals surface area contributed by atoms with E-state index in [4.69, 9.17) is 0 Å². The molecule has 2 rings (SSSR count). The summed E-state index contributed by atoms with van der Waals surface area (Å²) < 4.78 is 14.4. The van der Waals surface area contributed by atoms with Crippen molar-refractivity contribution in [1.82, 2.24) is 4.90 Å². The number of nitrogens with zero attached hydrogens (tertiary/aromatic N) is 1. The molecule has 0 spiro atoms. The molecule has 1 aliphatic rings. The maximum Gasteiger partial charge on any atom is 0.132 e. The number of benzene rings is 1. The van der Waals surface area contributed by atoms with Crippen LogP contribution >= 0.6 is 0 Å². The van der Waals surface area contributed by atoms with E-state index in [1.54, 1.807) is 0 Å². The number of hydrogen-bond acceptors (Lipinski definition) is 1. The molecular formula is C15H20FN. The van der Waals surface area contributed by atoms with Crippen LogP contribution in [0.3, 0.4) is 0 Å². The zero-order valence-electron chi connectivity index (χ0n) is 11.0. The average Bonchev–Trinajstić information content (AvgIpc) is 2.57. The number of hydrogen-bond donors (Lipinski definition) is 0. The molecular weight excluding hydrogens is 213 g/mol. The van der Waals surface area contributed by atoms with Crippen molar-refractivity contribution in [2.45, 2.75) is 46.2 Å². The molecule has 1 aromatic rings. The van der Waals surface area contributed by atoms with E-state index in [1.807, 2.05) is 26.0 Å². The van der Waals surface area contributed by atoms with Crippen LogP contribution in [-0.2, 0) is 6.54 Å². The molecule has 0 atom stereocenters. The first kappa shape index (κ1) is 12.2. The fourth-order valence-electron chi connectivity index (χ4n) is 2.42. The van der Waals surface area contributed by atoms with Gasteiger partial charge in [-0.15, -0.1) is 0 Å². The topological polar surface area (TPSA) is 3.24 Å². The van der Waals surface area contributed by atoms with E-state index in [1.165, 1.54) is 0 Å². The Morgan fingerprint density at radius 2 is 1.88 bits per heavy atom. The SMILES string of the molecule is C=C1c2ccc(C(C)C)c(F)c2CN1C(C)C. The Hall–Kier alpha value is -1.31. The van der Waals surface area contributed by atoms with Crippen LogP contribution in [0.25, 0.3) is 5.70 Å². The molecule has 0 radical (unpaired) electrons. The van der Waals surface area contributed by atoms with Gasteiger partial charge in [0.1, 0.15) is 5.82 Å². The van der Waals surface area contributed by atoms with Crippen LogP contribution in [-0.4, -0.2) is 10.9 Å². The summed E-state index contributed by atoms with van der Waals surface area (Å²) in [5.74, 6) is 0.184. The van der Waals surface area contributed by atoms with Gasteiger partial charge in [-0.3, -0.25) is 0 Å². The first-order valence-electron chi connectivity index (χ1n) is 6.20. The third-order valence-electron chi connectivity index (χ3n) is 3.50. The Balaban J connectivity index is 2.48. The highest BCUT2D eigenvalue weighted by Gasteiger charge is 2.28. The van der Waals surface area contributed by atoms with Gasteiger partial charge in [-0.05, 0) is 25.3 Å². The lowest BCUT2D eigenvalue weighted by Gasteiger charge is -2.23. The first-order valence-corrected chi connectivity index (χ1v) is 6.20. The molecule has 1 heterocycles. The van der Waals surface area contributed by atoms with Crippen LogP contribution in [0.5, 0.6) is 0 Å². The minimum atomic E-state index is -0.0400. The van der Waals surface area contributed by atoms with Crippen molar-refractivity contribution >= 4 is 5.70 Å². The van der Waals surface area contributed by atoms with Gasteiger partial charge in [-0.25, -0.2) is 4.39 Å². The lowest BCUT2D eigenvalue weighted by atomic mass is 9.97. The monoisotopic (exact) mass is 233 g/mol. The van der Waals surface area contributed by atoms with Crippen molar-refractivity contribution in [3.63, 3.8) is 0 Å². The predicted octanol–water partition coefficient (Wildman–Crippen LogP) is 4.14. The summed E-state index contributed by atoms with van der Waals surface area (Å²) in [4.78, 5) is 2.15. The summed E-state index contributed by atoms with van der Waals surface area (Å²) in [6.45, 7) is 13.0. The molecule has 0 amide bonds. The minimum Gasteiger partial charge on any atom is -0.365 e. The van der Waals surface area contributed by atoms with E-state index in [2.05, 4.69) is 25.3 Å². The van der Waals surface area contributed by atoms with Gasteiger partial charge in [0, 0.05) is 29.4 Å². The highest BCUT2D eigenvalue weighted by Crippen LogP contribution is 2.36. The van der Waals surface area contributed by atoms with Gasteiger partial charge in [0.05, 0.1) is 0 Å². The van der Waals surface area contributed by atoms with Gasteiger partial charge in [-0.1, -0.05) is 32.6 Å². The molecule has 0 N–H and O–H groups in total. The van der Waals surface area contributed by atoms with E-state index < -0.39 is 0 Å². The van der Waals surface area contributed by atoms with Gasteiger partial charge >= 0.3 is 0 Å². The van der Waals surface area contributed by atoms with Crippen molar-refractivity contribution in [3.8, 4) is 0 Å². The average molecular weight is 233 g/mol. The highest BCUT2D eigenvalue weighted by atomic mass is 19.1. The summed E-state index contributed by atoms with van der Waals surface area (Å²) in [6, 6.07) is 4.27. The molecule has 1 aliphatic heterocycles. The lowest BCUT2D eigenvalue weighted by molar-refractivity contribution is 0.335. The number of fused-ring (bicyclic) bond motifs is 1. The number of rotatable bonds is 2. The molecule has 1 aromatic carbocycles. The predicted molar refractivity (Wildman–Crippen MR) is 70.2 cm³/mol. The molecule has 0 unspecified atom stereocenters. The smallest absolute Gasteiger partial charge is 0.132 e. The second-order valence-corrected chi connectivity index (χ2v) is 5.32. The molecule has 17 heavy (non-hydrogen) atoms. The molecule has 0 aromatic heterocycles. The molecule has 1 nitrogen and oxygen atoms in total. The lowest BCUT2D eigenvalue weighted by Crippen LogP contribution is -2.23. The second kappa shape index (κ2) is 4.17. The third kappa shape index (κ3) is 1.86. The Labute approximate surface area is 103 Å². The van der Waals surface area contributed by atoms with Gasteiger partial charge in [0.2, 0.25) is 0 Å². The zero-order valence-corrected chi connectivity index (χ0v) is 11.0. The van der Waals surface area contributed by atoms with Gasteiger partial charge in [0.15, 0.2) is 0 Å². The second-order valence-electron chi connectivity index (χ2n) is 5.32. The van der Waals surface area contributed by atoms with Gasteiger partial charge in [-0.2, -0.15) is 0 Å². The first-order chi connectivity index (χ1) is 7.93. The fourth-order valence-corrected chi connectivity index (χ4v) is 2.42. The van der Waals surface area contributed by atoms with Crippen LogP contribution in [0, 0.1) is 5.82 Å². The van der Waals surface area contributed by atoms with Gasteiger partial charge in [0.25, 0.3) is 0 Å². The summed E-state index contributed by atoms with van der Waals surface area (Å²) in [5.41, 5.74) is 3.54. The summed E-state index contributed by atoms with van der Waals surface area (Å²) in [5, 5.41) is 0. The number of halogens is 1. The minimum absolute atomic E-state index is 0.0400. The van der Waals surface area contributed by atoms with Crippen LogP contribution in [0.15, 0.2) is 18.7 Å². The fraction of sp³-hybridized carbons (Fsp3) is 0.467. The molecule has 0 saturated carbocycles. The van der Waals surface area contributed by atoms with Crippen molar-refractivity contribution in [1.29, 1.82) is 0 Å². The third-order valence-corrected chi connectivity index (χ3v) is 3.50. The maximum atomic E-state index is 14.4. The van der Waals surface area contributed by atoms with Crippen LogP contribution in [0.4, 0.5) is 4.39 Å². The van der Waals surface area contributed by atoms with Gasteiger partial charge < -0.3 is 4.90 Å². The summed E-state index contributed by atoms with van der Waals surface area (Å²) >= 11 is 0. The molecule has 0 bridgehead atoms. The summed E-state index contributed by atoms with van der Waals surface area (Å²) in [6.07, 6.45) is 0. The molecule has 2 heteroatoms. The van der Waals surface area contributed by atoms with Crippen molar-refractivity contribution < 1.29 is 4.39 Å². The van der Waals surface area contributed by atoms with Crippen LogP contribution in [0.2, 0.25) is 0 Å². The summed E-state index contributed by atoms with van der Waals surface area (Å²) in [7, 11) is 0. The molecule has 0 fully saturated rings. The Morgan fingerprint density at radius 3 is 2.41 bits per heavy atom. The Kier molecular flexibility index (Phi) is 2.98. The standard InChI is InChI=1S/C15H20FN/c1-9(2)12-6-7-13-11(5)17(10(3)4)8-14(13)15(12)16/h6-7,9-10H,5,8H2,1-4H3. The molecule has 0 saturated heterocycles. The van der Waals surface area contributed by atoms with Crippen molar-refractivity contribution in [3.05, 3.63) is 41.2 Å². The largest absolute Gasteiger partial charge is 0.365 e. The normalized spacial score (nSPS) is 15.0. The van der Waals surface area contributed by atoms with E-state index >= 15 is 0 Å². The van der Waals surface area contributed by atoms with Crippen molar-refractivity contribution in [2.24, 2.45) is 0 Å². The van der Waals surface area contributed by atoms with E-state index in [0.29, 0.717) is 12.6 Å². The van der Waals surface area contributed by atoms with E-state index in [0.717, 1.165) is 22.4 Å². The quantitative estimate of drug-likeness (QED) is 0.742.